The molecule has 2 rings (SSSR count). The molecule has 0 unspecified atom stereocenters. The van der Waals surface area contributed by atoms with E-state index in [0.717, 1.165) is 18.4 Å². The molecule has 0 bridgehead atoms. The van der Waals surface area contributed by atoms with Crippen molar-refractivity contribution < 1.29 is 13.2 Å². The van der Waals surface area contributed by atoms with E-state index >= 15 is 0 Å². The van der Waals surface area contributed by atoms with Gasteiger partial charge in [-0.2, -0.15) is 0 Å². The second-order valence-electron chi connectivity index (χ2n) is 7.40. The Bertz CT molecular complexity index is 482. The largest absolute Gasteiger partial charge is 0.338 e. The lowest BCUT2D eigenvalue weighted by atomic mass is 9.77. The Hall–Kier alpha value is -0.780. The maximum Gasteiger partial charge on any atom is 0.317 e. The Morgan fingerprint density at radius 1 is 1.18 bits per heavy atom. The third kappa shape index (κ3) is 4.61. The lowest BCUT2D eigenvalue weighted by Gasteiger charge is -2.31. The SMILES string of the molecule is CC(C)C1CCC(CNC(=O)N2CC[C@@H](S(C)(=O)=O)C2)CC1. The molecule has 0 aromatic rings. The van der Waals surface area contributed by atoms with Crippen LogP contribution in [-0.4, -0.2) is 50.5 Å². The maximum atomic E-state index is 12.2. The van der Waals surface area contributed by atoms with Crippen molar-refractivity contribution in [3.05, 3.63) is 0 Å². The molecule has 0 aromatic heterocycles. The molecular formula is C16H30N2O3S. The average Bonchev–Trinajstić information content (AvgIpc) is 2.95. The third-order valence-electron chi connectivity index (χ3n) is 5.41. The van der Waals surface area contributed by atoms with Crippen molar-refractivity contribution in [1.29, 1.82) is 0 Å². The van der Waals surface area contributed by atoms with Gasteiger partial charge in [0.15, 0.2) is 9.84 Å². The van der Waals surface area contributed by atoms with Gasteiger partial charge in [-0.1, -0.05) is 13.8 Å². The van der Waals surface area contributed by atoms with E-state index in [4.69, 9.17) is 0 Å². The maximum absolute atomic E-state index is 12.2. The van der Waals surface area contributed by atoms with Crippen LogP contribution in [0.1, 0.15) is 46.0 Å². The summed E-state index contributed by atoms with van der Waals surface area (Å²) in [7, 11) is -3.04. The smallest absolute Gasteiger partial charge is 0.317 e. The number of amides is 2. The second kappa shape index (κ2) is 7.20. The van der Waals surface area contributed by atoms with Crippen molar-refractivity contribution >= 4 is 15.9 Å². The molecule has 1 aliphatic heterocycles. The van der Waals surface area contributed by atoms with Gasteiger partial charge in [0, 0.05) is 25.9 Å². The van der Waals surface area contributed by atoms with Gasteiger partial charge in [-0.25, -0.2) is 13.2 Å². The summed E-state index contributed by atoms with van der Waals surface area (Å²) in [6, 6.07) is -0.0999. The fourth-order valence-electron chi connectivity index (χ4n) is 3.66. The lowest BCUT2D eigenvalue weighted by Crippen LogP contribution is -2.42. The highest BCUT2D eigenvalue weighted by Gasteiger charge is 2.32. The van der Waals surface area contributed by atoms with Crippen LogP contribution in [0.5, 0.6) is 0 Å². The molecule has 6 heteroatoms. The van der Waals surface area contributed by atoms with Crippen LogP contribution in [-0.2, 0) is 9.84 Å². The zero-order chi connectivity index (χ0) is 16.3. The highest BCUT2D eigenvalue weighted by atomic mass is 32.2. The zero-order valence-electron chi connectivity index (χ0n) is 14.0. The number of likely N-dealkylation sites (tertiary alicyclic amines) is 1. The number of urea groups is 1. The van der Waals surface area contributed by atoms with Crippen molar-refractivity contribution in [3.63, 3.8) is 0 Å². The van der Waals surface area contributed by atoms with Crippen LogP contribution < -0.4 is 5.32 Å². The van der Waals surface area contributed by atoms with Crippen LogP contribution >= 0.6 is 0 Å². The van der Waals surface area contributed by atoms with Crippen molar-refractivity contribution in [1.82, 2.24) is 10.2 Å². The van der Waals surface area contributed by atoms with E-state index in [-0.39, 0.29) is 11.3 Å². The molecule has 1 heterocycles. The quantitative estimate of drug-likeness (QED) is 0.860. The molecule has 1 atom stereocenters. The molecule has 128 valence electrons. The fourth-order valence-corrected chi connectivity index (χ4v) is 4.65. The van der Waals surface area contributed by atoms with E-state index in [1.165, 1.54) is 31.9 Å². The van der Waals surface area contributed by atoms with Crippen LogP contribution in [0.2, 0.25) is 0 Å². The van der Waals surface area contributed by atoms with Crippen molar-refractivity contribution in [2.24, 2.45) is 17.8 Å². The second-order valence-corrected chi connectivity index (χ2v) is 9.72. The van der Waals surface area contributed by atoms with Gasteiger partial charge in [0.25, 0.3) is 0 Å². The monoisotopic (exact) mass is 330 g/mol. The average molecular weight is 330 g/mol. The first-order valence-corrected chi connectivity index (χ1v) is 10.4. The molecule has 1 saturated heterocycles. The van der Waals surface area contributed by atoms with Crippen LogP contribution in [0.4, 0.5) is 4.79 Å². The van der Waals surface area contributed by atoms with Crippen LogP contribution in [0.3, 0.4) is 0 Å². The lowest BCUT2D eigenvalue weighted by molar-refractivity contribution is 0.195. The van der Waals surface area contributed by atoms with Crippen LogP contribution in [0.15, 0.2) is 0 Å². The number of rotatable bonds is 4. The standard InChI is InChI=1S/C16H30N2O3S/c1-12(2)14-6-4-13(5-7-14)10-17-16(19)18-9-8-15(11-18)22(3,20)21/h12-15H,4-11H2,1-3H3,(H,17,19)/t13?,14?,15-/m1/s1. The molecule has 2 aliphatic rings. The van der Waals surface area contributed by atoms with Gasteiger partial charge in [-0.05, 0) is 49.9 Å². The Labute approximate surface area is 134 Å². The first-order valence-electron chi connectivity index (χ1n) is 8.49. The Morgan fingerprint density at radius 2 is 1.82 bits per heavy atom. The normalized spacial score (nSPS) is 29.8. The van der Waals surface area contributed by atoms with E-state index < -0.39 is 9.84 Å². The third-order valence-corrected chi connectivity index (χ3v) is 7.01. The number of nitrogens with zero attached hydrogens (tertiary/aromatic N) is 1. The number of nitrogens with one attached hydrogen (secondary N) is 1. The summed E-state index contributed by atoms with van der Waals surface area (Å²) in [5.74, 6) is 2.17. The summed E-state index contributed by atoms with van der Waals surface area (Å²) in [6.07, 6.45) is 6.72. The van der Waals surface area contributed by atoms with Crippen molar-refractivity contribution in [3.8, 4) is 0 Å². The van der Waals surface area contributed by atoms with E-state index in [9.17, 15) is 13.2 Å². The molecule has 2 amide bonds. The van der Waals surface area contributed by atoms with Crippen LogP contribution in [0.25, 0.3) is 0 Å². The van der Waals surface area contributed by atoms with Gasteiger partial charge in [-0.15, -0.1) is 0 Å². The summed E-state index contributed by atoms with van der Waals surface area (Å²) in [4.78, 5) is 13.8. The fraction of sp³-hybridized carbons (Fsp3) is 0.938. The van der Waals surface area contributed by atoms with Gasteiger partial charge in [0.2, 0.25) is 0 Å². The van der Waals surface area contributed by atoms with E-state index in [2.05, 4.69) is 19.2 Å². The number of carbonyl (C=O) groups excluding carboxylic acids is 1. The summed E-state index contributed by atoms with van der Waals surface area (Å²) in [6.45, 7) is 6.19. The van der Waals surface area contributed by atoms with E-state index in [1.54, 1.807) is 4.90 Å². The molecule has 0 spiro atoms. The number of carbonyl (C=O) groups is 1. The van der Waals surface area contributed by atoms with Gasteiger partial charge >= 0.3 is 6.03 Å². The molecular weight excluding hydrogens is 300 g/mol. The topological polar surface area (TPSA) is 66.5 Å². The highest BCUT2D eigenvalue weighted by molar-refractivity contribution is 7.91. The molecule has 1 aliphatic carbocycles. The molecule has 0 radical (unpaired) electrons. The Morgan fingerprint density at radius 3 is 2.32 bits per heavy atom. The summed E-state index contributed by atoms with van der Waals surface area (Å²) in [5.41, 5.74) is 0. The zero-order valence-corrected chi connectivity index (χ0v) is 14.9. The first kappa shape index (κ1) is 17.6. The molecule has 1 N–H and O–H groups in total. The summed E-state index contributed by atoms with van der Waals surface area (Å²) in [5, 5.41) is 2.61. The minimum absolute atomic E-state index is 0.0999. The molecule has 22 heavy (non-hydrogen) atoms. The number of sulfone groups is 1. The predicted octanol–water partition coefficient (Wildman–Crippen LogP) is 2.28. The molecule has 2 fully saturated rings. The summed E-state index contributed by atoms with van der Waals surface area (Å²) >= 11 is 0. The van der Waals surface area contributed by atoms with Gasteiger partial charge < -0.3 is 10.2 Å². The number of hydrogen-bond donors (Lipinski definition) is 1. The Balaban J connectivity index is 1.71. The molecule has 1 saturated carbocycles. The van der Waals surface area contributed by atoms with Crippen LogP contribution in [0, 0.1) is 17.8 Å². The van der Waals surface area contributed by atoms with Gasteiger partial charge in [-0.3, -0.25) is 0 Å². The number of hydrogen-bond acceptors (Lipinski definition) is 3. The molecule has 0 aromatic carbocycles. The predicted molar refractivity (Wildman–Crippen MR) is 88.5 cm³/mol. The van der Waals surface area contributed by atoms with Crippen molar-refractivity contribution in [2.45, 2.75) is 51.2 Å². The van der Waals surface area contributed by atoms with E-state index in [0.29, 0.717) is 25.4 Å². The molecule has 5 nitrogen and oxygen atoms in total. The summed E-state index contributed by atoms with van der Waals surface area (Å²) < 4.78 is 23.1. The minimum Gasteiger partial charge on any atom is -0.338 e. The minimum atomic E-state index is -3.04. The first-order chi connectivity index (χ1) is 10.3. The highest BCUT2D eigenvalue weighted by Crippen LogP contribution is 2.32. The van der Waals surface area contributed by atoms with Crippen molar-refractivity contribution in [2.75, 3.05) is 25.9 Å². The Kier molecular flexibility index (Phi) is 5.75. The van der Waals surface area contributed by atoms with Gasteiger partial charge in [0.1, 0.15) is 0 Å². The van der Waals surface area contributed by atoms with E-state index in [1.807, 2.05) is 0 Å². The van der Waals surface area contributed by atoms with Gasteiger partial charge in [0.05, 0.1) is 5.25 Å².